The number of aliphatic hydroxyl groups excluding tert-OH is 1. The SMILES string of the molecule is CCC(O)C1CCC(N(C)c2ncc(Br)cn2)CC1. The van der Waals surface area contributed by atoms with E-state index in [2.05, 4.69) is 44.8 Å². The second-order valence-electron chi connectivity index (χ2n) is 5.36. The lowest BCUT2D eigenvalue weighted by Crippen LogP contribution is -2.38. The fourth-order valence-electron chi connectivity index (χ4n) is 2.86. The number of aromatic nitrogens is 2. The molecule has 1 aromatic heterocycles. The molecule has 19 heavy (non-hydrogen) atoms. The largest absolute Gasteiger partial charge is 0.393 e. The fraction of sp³-hybridized carbons (Fsp3) is 0.714. The molecule has 1 aliphatic carbocycles. The molecule has 0 spiro atoms. The molecule has 1 saturated carbocycles. The molecule has 0 aliphatic heterocycles. The van der Waals surface area contributed by atoms with Crippen molar-refractivity contribution in [2.24, 2.45) is 5.92 Å². The van der Waals surface area contributed by atoms with Gasteiger partial charge < -0.3 is 10.0 Å². The zero-order valence-electron chi connectivity index (χ0n) is 11.6. The molecule has 4 nitrogen and oxygen atoms in total. The van der Waals surface area contributed by atoms with Gasteiger partial charge in [0.25, 0.3) is 0 Å². The van der Waals surface area contributed by atoms with Gasteiger partial charge in [-0.25, -0.2) is 9.97 Å². The minimum atomic E-state index is -0.129. The average Bonchev–Trinajstić information content (AvgIpc) is 2.46. The van der Waals surface area contributed by atoms with Crippen LogP contribution in [0, 0.1) is 5.92 Å². The Bertz CT molecular complexity index is 390. The topological polar surface area (TPSA) is 49.2 Å². The smallest absolute Gasteiger partial charge is 0.225 e. The Balaban J connectivity index is 1.92. The van der Waals surface area contributed by atoms with Crippen molar-refractivity contribution in [1.29, 1.82) is 0 Å². The summed E-state index contributed by atoms with van der Waals surface area (Å²) in [6.45, 7) is 2.05. The van der Waals surface area contributed by atoms with Crippen LogP contribution in [0.4, 0.5) is 5.95 Å². The highest BCUT2D eigenvalue weighted by molar-refractivity contribution is 9.10. The van der Waals surface area contributed by atoms with Crippen LogP contribution >= 0.6 is 15.9 Å². The van der Waals surface area contributed by atoms with E-state index in [0.29, 0.717) is 12.0 Å². The van der Waals surface area contributed by atoms with Gasteiger partial charge in [-0.3, -0.25) is 0 Å². The van der Waals surface area contributed by atoms with E-state index in [4.69, 9.17) is 0 Å². The lowest BCUT2D eigenvalue weighted by Gasteiger charge is -2.36. The number of hydrogen-bond acceptors (Lipinski definition) is 4. The Kier molecular flexibility index (Phi) is 5.16. The third-order valence-corrected chi connectivity index (χ3v) is 4.58. The van der Waals surface area contributed by atoms with Crippen molar-refractivity contribution in [3.63, 3.8) is 0 Å². The lowest BCUT2D eigenvalue weighted by molar-refractivity contribution is 0.0778. The van der Waals surface area contributed by atoms with Crippen LogP contribution in [0.25, 0.3) is 0 Å². The average molecular weight is 328 g/mol. The second-order valence-corrected chi connectivity index (χ2v) is 6.27. The lowest BCUT2D eigenvalue weighted by atomic mass is 9.81. The first kappa shape index (κ1) is 14.7. The van der Waals surface area contributed by atoms with Crippen molar-refractivity contribution in [1.82, 2.24) is 9.97 Å². The van der Waals surface area contributed by atoms with E-state index < -0.39 is 0 Å². The van der Waals surface area contributed by atoms with Crippen molar-refractivity contribution in [3.05, 3.63) is 16.9 Å². The summed E-state index contributed by atoms with van der Waals surface area (Å²) in [7, 11) is 2.06. The first-order valence-corrected chi connectivity index (χ1v) is 7.79. The summed E-state index contributed by atoms with van der Waals surface area (Å²) in [5.74, 6) is 1.25. The molecule has 0 radical (unpaired) electrons. The van der Waals surface area contributed by atoms with Crippen LogP contribution in [0.2, 0.25) is 0 Å². The van der Waals surface area contributed by atoms with Crippen LogP contribution in [-0.2, 0) is 0 Å². The van der Waals surface area contributed by atoms with E-state index in [9.17, 15) is 5.11 Å². The third kappa shape index (κ3) is 3.66. The molecular weight excluding hydrogens is 306 g/mol. The van der Waals surface area contributed by atoms with Crippen molar-refractivity contribution in [3.8, 4) is 0 Å². The molecule has 5 heteroatoms. The Morgan fingerprint density at radius 1 is 1.32 bits per heavy atom. The van der Waals surface area contributed by atoms with Crippen molar-refractivity contribution in [2.45, 2.75) is 51.2 Å². The highest BCUT2D eigenvalue weighted by Crippen LogP contribution is 2.31. The molecule has 2 rings (SSSR count). The maximum Gasteiger partial charge on any atom is 0.225 e. The van der Waals surface area contributed by atoms with Gasteiger partial charge in [-0.15, -0.1) is 0 Å². The minimum absolute atomic E-state index is 0.129. The van der Waals surface area contributed by atoms with Gasteiger partial charge in [0.2, 0.25) is 5.95 Å². The second kappa shape index (κ2) is 6.66. The Hall–Kier alpha value is -0.680. The van der Waals surface area contributed by atoms with Gasteiger partial charge in [-0.2, -0.15) is 0 Å². The maximum absolute atomic E-state index is 9.91. The van der Waals surface area contributed by atoms with Gasteiger partial charge in [0.1, 0.15) is 0 Å². The first-order valence-electron chi connectivity index (χ1n) is 7.00. The van der Waals surface area contributed by atoms with Gasteiger partial charge in [0.05, 0.1) is 10.6 Å². The number of anilines is 1. The summed E-state index contributed by atoms with van der Waals surface area (Å²) in [6.07, 6.45) is 8.71. The van der Waals surface area contributed by atoms with Crippen molar-refractivity contribution >= 4 is 21.9 Å². The van der Waals surface area contributed by atoms with Crippen molar-refractivity contribution in [2.75, 3.05) is 11.9 Å². The van der Waals surface area contributed by atoms with Gasteiger partial charge in [-0.1, -0.05) is 6.92 Å². The summed E-state index contributed by atoms with van der Waals surface area (Å²) >= 11 is 3.35. The Labute approximate surface area is 123 Å². The molecule has 0 saturated heterocycles. The number of rotatable bonds is 4. The molecule has 0 bridgehead atoms. The quantitative estimate of drug-likeness (QED) is 0.923. The number of aliphatic hydroxyl groups is 1. The van der Waals surface area contributed by atoms with E-state index >= 15 is 0 Å². The summed E-state index contributed by atoms with van der Waals surface area (Å²) in [5.41, 5.74) is 0. The highest BCUT2D eigenvalue weighted by Gasteiger charge is 2.28. The normalized spacial score (nSPS) is 25.1. The molecule has 1 fully saturated rings. The summed E-state index contributed by atoms with van der Waals surface area (Å²) in [4.78, 5) is 10.9. The van der Waals surface area contributed by atoms with E-state index in [1.165, 1.54) is 0 Å². The monoisotopic (exact) mass is 327 g/mol. The number of halogens is 1. The third-order valence-electron chi connectivity index (χ3n) is 4.17. The number of nitrogens with zero attached hydrogens (tertiary/aromatic N) is 3. The van der Waals surface area contributed by atoms with Crippen LogP contribution in [0.3, 0.4) is 0 Å². The molecule has 1 unspecified atom stereocenters. The standard InChI is InChI=1S/C14H22BrN3O/c1-3-13(19)10-4-6-12(7-5-10)18(2)14-16-8-11(15)9-17-14/h8-10,12-13,19H,3-7H2,1-2H3. The predicted octanol–water partition coefficient (Wildman–Crippen LogP) is 3.01. The van der Waals surface area contributed by atoms with Crippen LogP contribution in [-0.4, -0.2) is 34.3 Å². The summed E-state index contributed by atoms with van der Waals surface area (Å²) in [5, 5.41) is 9.91. The molecule has 1 N–H and O–H groups in total. The van der Waals surface area contributed by atoms with Crippen LogP contribution in [0.5, 0.6) is 0 Å². The molecule has 0 aromatic carbocycles. The maximum atomic E-state index is 9.91. The van der Waals surface area contributed by atoms with Crippen LogP contribution in [0.15, 0.2) is 16.9 Å². The van der Waals surface area contributed by atoms with Gasteiger partial charge in [-0.05, 0) is 54.0 Å². The Morgan fingerprint density at radius 2 is 1.89 bits per heavy atom. The van der Waals surface area contributed by atoms with E-state index in [1.54, 1.807) is 12.4 Å². The molecule has 0 amide bonds. The molecule has 1 atom stereocenters. The van der Waals surface area contributed by atoms with Gasteiger partial charge in [0, 0.05) is 25.5 Å². The summed E-state index contributed by atoms with van der Waals surface area (Å²) < 4.78 is 0.902. The van der Waals surface area contributed by atoms with E-state index in [-0.39, 0.29) is 6.10 Å². The van der Waals surface area contributed by atoms with E-state index in [1.807, 2.05) is 0 Å². The molecule has 106 valence electrons. The molecular formula is C14H22BrN3O. The molecule has 1 heterocycles. The highest BCUT2D eigenvalue weighted by atomic mass is 79.9. The minimum Gasteiger partial charge on any atom is -0.393 e. The number of hydrogen-bond donors (Lipinski definition) is 1. The fourth-order valence-corrected chi connectivity index (χ4v) is 3.06. The molecule has 1 aliphatic rings. The van der Waals surface area contributed by atoms with E-state index in [0.717, 1.165) is 42.5 Å². The van der Waals surface area contributed by atoms with Crippen molar-refractivity contribution < 1.29 is 5.11 Å². The Morgan fingerprint density at radius 3 is 2.42 bits per heavy atom. The zero-order valence-corrected chi connectivity index (χ0v) is 13.2. The zero-order chi connectivity index (χ0) is 13.8. The van der Waals surface area contributed by atoms with Crippen LogP contribution in [0.1, 0.15) is 39.0 Å². The summed E-state index contributed by atoms with van der Waals surface area (Å²) in [6, 6.07) is 0.487. The molecule has 1 aromatic rings. The predicted molar refractivity (Wildman–Crippen MR) is 80.2 cm³/mol. The van der Waals surface area contributed by atoms with Gasteiger partial charge >= 0.3 is 0 Å². The van der Waals surface area contributed by atoms with Crippen LogP contribution < -0.4 is 4.90 Å². The first-order chi connectivity index (χ1) is 9.11. The van der Waals surface area contributed by atoms with Gasteiger partial charge in [0.15, 0.2) is 0 Å².